The van der Waals surface area contributed by atoms with Gasteiger partial charge in [-0.2, -0.15) is 9.29 Å². The summed E-state index contributed by atoms with van der Waals surface area (Å²) in [5, 5.41) is 14.8. The number of aromatic nitrogens is 2. The number of sulfonamides is 1. The summed E-state index contributed by atoms with van der Waals surface area (Å²) in [6.45, 7) is 0.592. The van der Waals surface area contributed by atoms with Crippen molar-refractivity contribution < 1.29 is 22.6 Å². The third kappa shape index (κ3) is 4.28. The number of ether oxygens (including phenoxy) is 1. The van der Waals surface area contributed by atoms with Gasteiger partial charge >= 0.3 is 0 Å². The molecule has 0 unspecified atom stereocenters. The van der Waals surface area contributed by atoms with Crippen LogP contribution in [0.3, 0.4) is 0 Å². The molecule has 2 heterocycles. The van der Waals surface area contributed by atoms with Gasteiger partial charge in [-0.1, -0.05) is 5.16 Å². The van der Waals surface area contributed by atoms with Crippen LogP contribution in [0.1, 0.15) is 24.7 Å². The maximum atomic E-state index is 12.8. The van der Waals surface area contributed by atoms with Crippen molar-refractivity contribution in [2.24, 2.45) is 0 Å². The Morgan fingerprint density at radius 1 is 1.10 bits per heavy atom. The molecule has 31 heavy (non-hydrogen) atoms. The van der Waals surface area contributed by atoms with Crippen LogP contribution in [0.5, 0.6) is 5.75 Å². The molecule has 4 rings (SSSR count). The zero-order chi connectivity index (χ0) is 22.0. The van der Waals surface area contributed by atoms with Crippen molar-refractivity contribution in [3.63, 3.8) is 0 Å². The molecule has 0 atom stereocenters. The normalized spacial score (nSPS) is 15.6. The Morgan fingerprint density at radius 3 is 2.32 bits per heavy atom. The first kappa shape index (κ1) is 20.9. The molecule has 11 heteroatoms. The van der Waals surface area contributed by atoms with Crippen LogP contribution in [-0.2, 0) is 10.0 Å². The Labute approximate surface area is 178 Å². The van der Waals surface area contributed by atoms with Gasteiger partial charge in [0.25, 0.3) is 5.69 Å². The lowest BCUT2D eigenvalue weighted by molar-refractivity contribution is -0.384. The highest BCUT2D eigenvalue weighted by molar-refractivity contribution is 7.89. The van der Waals surface area contributed by atoms with Crippen molar-refractivity contribution in [2.75, 3.05) is 20.2 Å². The number of nitro groups is 1. The van der Waals surface area contributed by atoms with E-state index in [0.29, 0.717) is 37.6 Å². The van der Waals surface area contributed by atoms with E-state index >= 15 is 0 Å². The van der Waals surface area contributed by atoms with E-state index in [9.17, 15) is 18.5 Å². The number of rotatable bonds is 6. The number of benzene rings is 2. The molecule has 3 aromatic rings. The van der Waals surface area contributed by atoms with Gasteiger partial charge in [0.05, 0.1) is 16.9 Å². The molecule has 0 bridgehead atoms. The van der Waals surface area contributed by atoms with Gasteiger partial charge in [0.15, 0.2) is 0 Å². The fraction of sp³-hybridized carbons (Fsp3) is 0.300. The van der Waals surface area contributed by atoms with Crippen molar-refractivity contribution in [3.8, 4) is 17.1 Å². The van der Waals surface area contributed by atoms with Gasteiger partial charge in [0.2, 0.25) is 21.7 Å². The largest absolute Gasteiger partial charge is 0.497 e. The summed E-state index contributed by atoms with van der Waals surface area (Å²) in [4.78, 5) is 14.7. The first-order chi connectivity index (χ1) is 14.9. The minimum atomic E-state index is -3.72. The first-order valence-corrected chi connectivity index (χ1v) is 11.0. The van der Waals surface area contributed by atoms with Crippen LogP contribution in [0.25, 0.3) is 11.4 Å². The summed E-state index contributed by atoms with van der Waals surface area (Å²) in [5.41, 5.74) is 0.649. The minimum Gasteiger partial charge on any atom is -0.497 e. The molecule has 0 spiro atoms. The number of nitrogens with zero attached hydrogens (tertiary/aromatic N) is 4. The Balaban J connectivity index is 1.42. The van der Waals surface area contributed by atoms with E-state index in [1.807, 2.05) is 24.3 Å². The first-order valence-electron chi connectivity index (χ1n) is 9.61. The summed E-state index contributed by atoms with van der Waals surface area (Å²) in [6, 6.07) is 12.2. The fourth-order valence-corrected chi connectivity index (χ4v) is 4.96. The van der Waals surface area contributed by atoms with Crippen molar-refractivity contribution in [1.82, 2.24) is 14.4 Å². The predicted molar refractivity (Wildman–Crippen MR) is 110 cm³/mol. The lowest BCUT2D eigenvalue weighted by Crippen LogP contribution is -2.37. The molecule has 162 valence electrons. The van der Waals surface area contributed by atoms with Crippen molar-refractivity contribution >= 4 is 15.7 Å². The second-order valence-corrected chi connectivity index (χ2v) is 9.05. The van der Waals surface area contributed by atoms with Crippen molar-refractivity contribution in [1.29, 1.82) is 0 Å². The zero-order valence-electron chi connectivity index (χ0n) is 16.7. The number of hydrogen-bond donors (Lipinski definition) is 0. The maximum absolute atomic E-state index is 12.8. The number of non-ortho nitro benzene ring substituents is 1. The number of hydrogen-bond acceptors (Lipinski definition) is 8. The molecule has 0 amide bonds. The Morgan fingerprint density at radius 2 is 1.74 bits per heavy atom. The fourth-order valence-electron chi connectivity index (χ4n) is 3.49. The summed E-state index contributed by atoms with van der Waals surface area (Å²) < 4.78 is 37.7. The van der Waals surface area contributed by atoms with Crippen LogP contribution >= 0.6 is 0 Å². The second-order valence-electron chi connectivity index (χ2n) is 7.11. The molecule has 1 aromatic heterocycles. The lowest BCUT2D eigenvalue weighted by Gasteiger charge is -2.29. The Bertz CT molecular complexity index is 1170. The third-order valence-electron chi connectivity index (χ3n) is 5.28. The SMILES string of the molecule is COc1ccc(-c2noc(C3CCN(S(=O)(=O)c4ccc([N+](=O)[O-])cc4)CC3)n2)cc1. The Hall–Kier alpha value is -3.31. The second kappa shape index (κ2) is 8.44. The molecule has 1 saturated heterocycles. The van der Waals surface area contributed by atoms with Crippen LogP contribution in [0.2, 0.25) is 0 Å². The molecule has 0 saturated carbocycles. The number of nitro benzene ring substituents is 1. The standard InChI is InChI=1S/C20H20N4O6S/c1-29-17-6-2-14(3-7-17)19-21-20(30-22-19)15-10-12-23(13-11-15)31(27,28)18-8-4-16(5-9-18)24(25)26/h2-9,15H,10-13H2,1H3. The van der Waals surface area contributed by atoms with E-state index in [1.54, 1.807) is 7.11 Å². The zero-order valence-corrected chi connectivity index (χ0v) is 17.5. The molecule has 10 nitrogen and oxygen atoms in total. The van der Waals surface area contributed by atoms with E-state index in [2.05, 4.69) is 10.1 Å². The van der Waals surface area contributed by atoms with E-state index in [4.69, 9.17) is 9.26 Å². The highest BCUT2D eigenvalue weighted by Crippen LogP contribution is 2.31. The van der Waals surface area contributed by atoms with Crippen molar-refractivity contribution in [2.45, 2.75) is 23.7 Å². The Kier molecular flexibility index (Phi) is 5.70. The molecule has 0 aliphatic carbocycles. The molecule has 2 aromatic carbocycles. The van der Waals surface area contributed by atoms with Crippen LogP contribution in [-0.4, -0.2) is 48.0 Å². The van der Waals surface area contributed by atoms with Gasteiger partial charge in [-0.05, 0) is 49.2 Å². The monoisotopic (exact) mass is 444 g/mol. The summed E-state index contributed by atoms with van der Waals surface area (Å²) in [5.74, 6) is 1.65. The van der Waals surface area contributed by atoms with Gasteiger partial charge < -0.3 is 9.26 Å². The summed E-state index contributed by atoms with van der Waals surface area (Å²) in [6.07, 6.45) is 1.08. The summed E-state index contributed by atoms with van der Waals surface area (Å²) >= 11 is 0. The van der Waals surface area contributed by atoms with E-state index in [0.717, 1.165) is 11.3 Å². The van der Waals surface area contributed by atoms with E-state index in [-0.39, 0.29) is 16.5 Å². The lowest BCUT2D eigenvalue weighted by atomic mass is 9.98. The van der Waals surface area contributed by atoms with Crippen LogP contribution in [0, 0.1) is 10.1 Å². The molecule has 1 aliphatic rings. The van der Waals surface area contributed by atoms with Crippen LogP contribution in [0.4, 0.5) is 5.69 Å². The molecule has 0 radical (unpaired) electrons. The third-order valence-corrected chi connectivity index (χ3v) is 7.19. The van der Waals surface area contributed by atoms with Gasteiger partial charge in [0, 0.05) is 36.7 Å². The predicted octanol–water partition coefficient (Wildman–Crippen LogP) is 3.22. The topological polar surface area (TPSA) is 129 Å². The molecular formula is C20H20N4O6S. The molecular weight excluding hydrogens is 424 g/mol. The minimum absolute atomic E-state index is 0.0381. The van der Waals surface area contributed by atoms with Gasteiger partial charge in [-0.15, -0.1) is 0 Å². The molecule has 1 aliphatic heterocycles. The average Bonchev–Trinajstić information content (AvgIpc) is 3.29. The number of piperidine rings is 1. The van der Waals surface area contributed by atoms with E-state index in [1.165, 1.54) is 28.6 Å². The van der Waals surface area contributed by atoms with Crippen molar-refractivity contribution in [3.05, 3.63) is 64.5 Å². The summed E-state index contributed by atoms with van der Waals surface area (Å²) in [7, 11) is -2.13. The van der Waals surface area contributed by atoms with Crippen LogP contribution in [0.15, 0.2) is 57.9 Å². The van der Waals surface area contributed by atoms with Gasteiger partial charge in [0.1, 0.15) is 5.75 Å². The van der Waals surface area contributed by atoms with E-state index < -0.39 is 14.9 Å². The average molecular weight is 444 g/mol. The molecule has 1 fully saturated rings. The highest BCUT2D eigenvalue weighted by atomic mass is 32.2. The molecule has 0 N–H and O–H groups in total. The van der Waals surface area contributed by atoms with Gasteiger partial charge in [-0.3, -0.25) is 10.1 Å². The number of methoxy groups -OCH3 is 1. The highest BCUT2D eigenvalue weighted by Gasteiger charge is 2.32. The quantitative estimate of drug-likeness (QED) is 0.419. The maximum Gasteiger partial charge on any atom is 0.269 e. The van der Waals surface area contributed by atoms with Crippen LogP contribution < -0.4 is 4.74 Å². The smallest absolute Gasteiger partial charge is 0.269 e. The van der Waals surface area contributed by atoms with Gasteiger partial charge in [-0.25, -0.2) is 8.42 Å².